The maximum absolute atomic E-state index is 12.7. The Labute approximate surface area is 135 Å². The van der Waals surface area contributed by atoms with Crippen LogP contribution >= 0.6 is 23.8 Å². The highest BCUT2D eigenvalue weighted by molar-refractivity contribution is 7.89. The summed E-state index contributed by atoms with van der Waals surface area (Å²) in [6.45, 7) is 4.93. The van der Waals surface area contributed by atoms with Gasteiger partial charge in [-0.05, 0) is 26.0 Å². The minimum absolute atomic E-state index is 0.0422. The number of nitrogens with two attached hydrogens (primary N) is 1. The molecule has 0 aromatic heterocycles. The lowest BCUT2D eigenvalue weighted by Crippen LogP contribution is -2.42. The smallest absolute Gasteiger partial charge is 0.244 e. The number of benzene rings is 1. The van der Waals surface area contributed by atoms with Gasteiger partial charge < -0.3 is 10.8 Å². The minimum Gasteiger partial charge on any atom is -0.389 e. The molecule has 0 saturated heterocycles. The van der Waals surface area contributed by atoms with E-state index in [0.717, 1.165) is 4.31 Å². The van der Waals surface area contributed by atoms with Crippen LogP contribution in [0.1, 0.15) is 26.3 Å². The number of aliphatic hydroxyl groups is 1. The van der Waals surface area contributed by atoms with Crippen LogP contribution in [-0.2, 0) is 10.0 Å². The van der Waals surface area contributed by atoms with E-state index >= 15 is 0 Å². The van der Waals surface area contributed by atoms with Crippen LogP contribution in [0.2, 0.25) is 5.02 Å². The lowest BCUT2D eigenvalue weighted by molar-refractivity contribution is 0.0601. The summed E-state index contributed by atoms with van der Waals surface area (Å²) in [5, 5.41) is 9.95. The lowest BCUT2D eigenvalue weighted by Gasteiger charge is -2.27. The maximum atomic E-state index is 12.7. The van der Waals surface area contributed by atoms with Crippen LogP contribution in [0, 0.1) is 0 Å². The lowest BCUT2D eigenvalue weighted by atomic mass is 10.1. The predicted octanol–water partition coefficient (Wildman–Crippen LogP) is 1.76. The Hall–Kier alpha value is -0.730. The Morgan fingerprint density at radius 1 is 1.48 bits per heavy atom. The molecular weight excluding hydrogens is 332 g/mol. The van der Waals surface area contributed by atoms with Crippen LogP contribution < -0.4 is 5.73 Å². The number of hydrogen-bond acceptors (Lipinski definition) is 4. The molecule has 21 heavy (non-hydrogen) atoms. The SMILES string of the molecule is CCN(CC(C)(C)O)S(=O)(=O)c1cc(C(N)=S)ccc1Cl. The highest BCUT2D eigenvalue weighted by Crippen LogP contribution is 2.26. The Morgan fingerprint density at radius 2 is 2.05 bits per heavy atom. The largest absolute Gasteiger partial charge is 0.389 e. The zero-order valence-electron chi connectivity index (χ0n) is 12.1. The zero-order valence-corrected chi connectivity index (χ0v) is 14.5. The molecule has 0 aliphatic heterocycles. The van der Waals surface area contributed by atoms with Gasteiger partial charge in [-0.25, -0.2) is 8.42 Å². The van der Waals surface area contributed by atoms with Crippen molar-refractivity contribution in [1.82, 2.24) is 4.31 Å². The molecule has 118 valence electrons. The van der Waals surface area contributed by atoms with E-state index < -0.39 is 15.6 Å². The number of nitrogens with zero attached hydrogens (tertiary/aromatic N) is 1. The van der Waals surface area contributed by atoms with Gasteiger partial charge >= 0.3 is 0 Å². The summed E-state index contributed by atoms with van der Waals surface area (Å²) in [4.78, 5) is 0.0224. The average molecular weight is 351 g/mol. The van der Waals surface area contributed by atoms with Gasteiger partial charge in [0.05, 0.1) is 10.6 Å². The van der Waals surface area contributed by atoms with Crippen LogP contribution in [0.4, 0.5) is 0 Å². The first-order valence-electron chi connectivity index (χ1n) is 6.31. The molecular formula is C13H19ClN2O3S2. The van der Waals surface area contributed by atoms with Crippen molar-refractivity contribution in [2.24, 2.45) is 5.73 Å². The summed E-state index contributed by atoms with van der Waals surface area (Å²) in [5.41, 5.74) is 4.79. The van der Waals surface area contributed by atoms with Gasteiger partial charge in [0.25, 0.3) is 0 Å². The first-order valence-corrected chi connectivity index (χ1v) is 8.53. The molecule has 0 bridgehead atoms. The molecule has 0 fully saturated rings. The van der Waals surface area contributed by atoms with Gasteiger partial charge in [-0.1, -0.05) is 36.8 Å². The summed E-state index contributed by atoms with van der Waals surface area (Å²) in [6, 6.07) is 4.36. The van der Waals surface area contributed by atoms with Gasteiger partial charge in [-0.2, -0.15) is 4.31 Å². The highest BCUT2D eigenvalue weighted by Gasteiger charge is 2.30. The Balaban J connectivity index is 3.35. The van der Waals surface area contributed by atoms with E-state index in [0.29, 0.717) is 5.56 Å². The quantitative estimate of drug-likeness (QED) is 0.764. The summed E-state index contributed by atoms with van der Waals surface area (Å²) < 4.78 is 26.5. The van der Waals surface area contributed by atoms with E-state index in [2.05, 4.69) is 0 Å². The van der Waals surface area contributed by atoms with E-state index in [1.807, 2.05) is 0 Å². The third-order valence-electron chi connectivity index (χ3n) is 2.75. The highest BCUT2D eigenvalue weighted by atomic mass is 35.5. The van der Waals surface area contributed by atoms with Crippen molar-refractivity contribution in [2.75, 3.05) is 13.1 Å². The van der Waals surface area contributed by atoms with E-state index in [9.17, 15) is 13.5 Å². The molecule has 0 spiro atoms. The molecule has 0 aliphatic rings. The summed E-state index contributed by atoms with van der Waals surface area (Å²) in [7, 11) is -3.84. The molecule has 0 radical (unpaired) electrons. The van der Waals surface area contributed by atoms with Crippen molar-refractivity contribution in [3.63, 3.8) is 0 Å². The number of sulfonamides is 1. The van der Waals surface area contributed by atoms with Gasteiger partial charge in [-0.15, -0.1) is 0 Å². The van der Waals surface area contributed by atoms with Crippen molar-refractivity contribution in [2.45, 2.75) is 31.3 Å². The van der Waals surface area contributed by atoms with Gasteiger partial charge in [0, 0.05) is 18.7 Å². The molecule has 0 heterocycles. The minimum atomic E-state index is -3.84. The van der Waals surface area contributed by atoms with E-state index in [-0.39, 0.29) is 28.0 Å². The first-order chi connectivity index (χ1) is 9.49. The zero-order chi connectivity index (χ0) is 16.4. The maximum Gasteiger partial charge on any atom is 0.244 e. The summed E-state index contributed by atoms with van der Waals surface area (Å²) in [6.07, 6.45) is 0. The summed E-state index contributed by atoms with van der Waals surface area (Å²) in [5.74, 6) is 0. The van der Waals surface area contributed by atoms with E-state index in [1.54, 1.807) is 13.0 Å². The van der Waals surface area contributed by atoms with Crippen LogP contribution in [0.25, 0.3) is 0 Å². The molecule has 1 aromatic carbocycles. The van der Waals surface area contributed by atoms with Crippen molar-refractivity contribution >= 4 is 38.8 Å². The van der Waals surface area contributed by atoms with Crippen LogP contribution in [0.15, 0.2) is 23.1 Å². The van der Waals surface area contributed by atoms with E-state index in [4.69, 9.17) is 29.6 Å². The van der Waals surface area contributed by atoms with Crippen LogP contribution in [-0.4, -0.2) is 41.5 Å². The average Bonchev–Trinajstić information content (AvgIpc) is 2.34. The Bertz CT molecular complexity index is 639. The van der Waals surface area contributed by atoms with Gasteiger partial charge in [0.15, 0.2) is 0 Å². The Morgan fingerprint density at radius 3 is 2.48 bits per heavy atom. The normalized spacial score (nSPS) is 12.7. The van der Waals surface area contributed by atoms with Crippen LogP contribution in [0.5, 0.6) is 0 Å². The topological polar surface area (TPSA) is 83.6 Å². The molecule has 1 aromatic rings. The molecule has 0 saturated carbocycles. The first kappa shape index (κ1) is 18.3. The molecule has 3 N–H and O–H groups in total. The third-order valence-corrected chi connectivity index (χ3v) is 5.39. The number of rotatable bonds is 6. The number of halogens is 1. The second kappa shape index (κ2) is 6.58. The number of hydrogen-bond donors (Lipinski definition) is 2. The van der Waals surface area contributed by atoms with Crippen LogP contribution in [0.3, 0.4) is 0 Å². The van der Waals surface area contributed by atoms with Crippen molar-refractivity contribution in [1.29, 1.82) is 0 Å². The number of likely N-dealkylation sites (N-methyl/N-ethyl adjacent to an activating group) is 1. The van der Waals surface area contributed by atoms with E-state index in [1.165, 1.54) is 26.0 Å². The molecule has 0 amide bonds. The summed E-state index contributed by atoms with van der Waals surface area (Å²) >= 11 is 10.9. The molecule has 5 nitrogen and oxygen atoms in total. The standard InChI is InChI=1S/C13H19ClN2O3S2/c1-4-16(8-13(2,3)17)21(18,19)11-7-9(12(15)20)5-6-10(11)14/h5-7,17H,4,8H2,1-3H3,(H2,15,20). The fraction of sp³-hybridized carbons (Fsp3) is 0.462. The predicted molar refractivity (Wildman–Crippen MR) is 88.1 cm³/mol. The third kappa shape index (κ3) is 4.62. The van der Waals surface area contributed by atoms with Crippen molar-refractivity contribution in [3.05, 3.63) is 28.8 Å². The second-order valence-corrected chi connectivity index (χ2v) is 8.01. The van der Waals surface area contributed by atoms with Gasteiger partial charge in [-0.3, -0.25) is 0 Å². The van der Waals surface area contributed by atoms with Crippen molar-refractivity contribution in [3.8, 4) is 0 Å². The fourth-order valence-electron chi connectivity index (χ4n) is 1.79. The molecule has 1 rings (SSSR count). The van der Waals surface area contributed by atoms with Gasteiger partial charge in [0.1, 0.15) is 9.88 Å². The fourth-order valence-corrected chi connectivity index (χ4v) is 4.02. The Kier molecular flexibility index (Phi) is 5.74. The monoisotopic (exact) mass is 350 g/mol. The molecule has 0 aliphatic carbocycles. The molecule has 0 unspecified atom stereocenters. The molecule has 0 atom stereocenters. The second-order valence-electron chi connectivity index (χ2n) is 5.25. The van der Waals surface area contributed by atoms with Gasteiger partial charge in [0.2, 0.25) is 10.0 Å². The van der Waals surface area contributed by atoms with Crippen molar-refractivity contribution < 1.29 is 13.5 Å². The number of thiocarbonyl (C=S) groups is 1. The molecule has 8 heteroatoms.